The summed E-state index contributed by atoms with van der Waals surface area (Å²) in [7, 11) is 4.27. The first-order chi connectivity index (χ1) is 9.02. The lowest BCUT2D eigenvalue weighted by atomic mass is 9.98. The molecule has 1 saturated heterocycles. The monoisotopic (exact) mass is 261 g/mol. The van der Waals surface area contributed by atoms with Crippen LogP contribution in [-0.2, 0) is 0 Å². The summed E-state index contributed by atoms with van der Waals surface area (Å²) >= 11 is 0. The summed E-state index contributed by atoms with van der Waals surface area (Å²) in [5.74, 6) is 0. The Morgan fingerprint density at radius 1 is 1.21 bits per heavy atom. The van der Waals surface area contributed by atoms with Crippen molar-refractivity contribution in [2.24, 2.45) is 0 Å². The van der Waals surface area contributed by atoms with Crippen molar-refractivity contribution in [1.29, 1.82) is 0 Å². The summed E-state index contributed by atoms with van der Waals surface area (Å²) in [6, 6.07) is 11.4. The molecule has 2 rings (SSSR count). The quantitative estimate of drug-likeness (QED) is 0.894. The van der Waals surface area contributed by atoms with Crippen LogP contribution in [-0.4, -0.2) is 55.6 Å². The standard InChI is InChI=1S/C16H27N3/c1-16(2,17-3)13-19-11-10-18(4)12-15(19)14-8-6-5-7-9-14/h5-9,15,17H,10-13H2,1-4H3. The van der Waals surface area contributed by atoms with Gasteiger partial charge in [0.15, 0.2) is 0 Å². The van der Waals surface area contributed by atoms with Crippen LogP contribution in [0.4, 0.5) is 0 Å². The molecule has 0 aliphatic carbocycles. The van der Waals surface area contributed by atoms with Gasteiger partial charge in [-0.2, -0.15) is 0 Å². The molecular weight excluding hydrogens is 234 g/mol. The number of nitrogens with zero attached hydrogens (tertiary/aromatic N) is 2. The fraction of sp³-hybridized carbons (Fsp3) is 0.625. The van der Waals surface area contributed by atoms with Crippen LogP contribution < -0.4 is 5.32 Å². The van der Waals surface area contributed by atoms with Crippen LogP contribution in [0.1, 0.15) is 25.5 Å². The zero-order chi connectivity index (χ0) is 13.9. The number of likely N-dealkylation sites (N-methyl/N-ethyl adjacent to an activating group) is 2. The van der Waals surface area contributed by atoms with Crippen molar-refractivity contribution in [2.45, 2.75) is 25.4 Å². The van der Waals surface area contributed by atoms with Gasteiger partial charge < -0.3 is 10.2 Å². The lowest BCUT2D eigenvalue weighted by molar-refractivity contribution is 0.0685. The Hall–Kier alpha value is -0.900. The first kappa shape index (κ1) is 14.5. The van der Waals surface area contributed by atoms with Gasteiger partial charge >= 0.3 is 0 Å². The van der Waals surface area contributed by atoms with E-state index in [1.165, 1.54) is 5.56 Å². The molecule has 1 aromatic rings. The highest BCUT2D eigenvalue weighted by atomic mass is 15.3. The van der Waals surface area contributed by atoms with Crippen molar-refractivity contribution in [1.82, 2.24) is 15.1 Å². The van der Waals surface area contributed by atoms with E-state index in [0.29, 0.717) is 6.04 Å². The summed E-state index contributed by atoms with van der Waals surface area (Å²) in [5.41, 5.74) is 1.59. The molecule has 0 amide bonds. The fourth-order valence-electron chi connectivity index (χ4n) is 2.72. The van der Waals surface area contributed by atoms with Crippen molar-refractivity contribution < 1.29 is 0 Å². The van der Waals surface area contributed by atoms with E-state index >= 15 is 0 Å². The molecule has 0 radical (unpaired) electrons. The zero-order valence-electron chi connectivity index (χ0n) is 12.7. The molecule has 1 N–H and O–H groups in total. The minimum Gasteiger partial charge on any atom is -0.314 e. The summed E-state index contributed by atoms with van der Waals surface area (Å²) < 4.78 is 0. The Morgan fingerprint density at radius 3 is 2.53 bits per heavy atom. The predicted molar refractivity (Wildman–Crippen MR) is 81.4 cm³/mol. The summed E-state index contributed by atoms with van der Waals surface area (Å²) in [5, 5.41) is 3.42. The highest BCUT2D eigenvalue weighted by Gasteiger charge is 2.30. The van der Waals surface area contributed by atoms with E-state index in [2.05, 4.69) is 66.3 Å². The van der Waals surface area contributed by atoms with Gasteiger partial charge in [-0.25, -0.2) is 0 Å². The molecule has 1 unspecified atom stereocenters. The third kappa shape index (κ3) is 3.78. The van der Waals surface area contributed by atoms with E-state index in [4.69, 9.17) is 0 Å². The highest BCUT2D eigenvalue weighted by Crippen LogP contribution is 2.26. The van der Waals surface area contributed by atoms with E-state index in [-0.39, 0.29) is 5.54 Å². The second kappa shape index (κ2) is 6.04. The largest absolute Gasteiger partial charge is 0.314 e. The van der Waals surface area contributed by atoms with Crippen LogP contribution in [0.2, 0.25) is 0 Å². The molecule has 1 heterocycles. The minimum atomic E-state index is 0.156. The van der Waals surface area contributed by atoms with Gasteiger partial charge in [-0.1, -0.05) is 30.3 Å². The number of hydrogen-bond donors (Lipinski definition) is 1. The maximum absolute atomic E-state index is 3.42. The molecular formula is C16H27N3. The van der Waals surface area contributed by atoms with Crippen molar-refractivity contribution in [3.05, 3.63) is 35.9 Å². The lowest BCUT2D eigenvalue weighted by Gasteiger charge is -2.43. The first-order valence-electron chi connectivity index (χ1n) is 7.18. The summed E-state index contributed by atoms with van der Waals surface area (Å²) in [6.07, 6.45) is 0. The molecule has 19 heavy (non-hydrogen) atoms. The molecule has 1 fully saturated rings. The molecule has 0 bridgehead atoms. The number of rotatable bonds is 4. The molecule has 106 valence electrons. The minimum absolute atomic E-state index is 0.156. The van der Waals surface area contributed by atoms with Crippen molar-refractivity contribution in [3.63, 3.8) is 0 Å². The molecule has 0 saturated carbocycles. The topological polar surface area (TPSA) is 18.5 Å². The Kier molecular flexibility index (Phi) is 4.61. The third-order valence-corrected chi connectivity index (χ3v) is 4.15. The van der Waals surface area contributed by atoms with E-state index in [1.807, 2.05) is 7.05 Å². The van der Waals surface area contributed by atoms with Crippen LogP contribution in [0.3, 0.4) is 0 Å². The normalized spacial score (nSPS) is 22.6. The van der Waals surface area contributed by atoms with Crippen LogP contribution in [0.25, 0.3) is 0 Å². The average Bonchev–Trinajstić information content (AvgIpc) is 2.42. The molecule has 1 aromatic carbocycles. The van der Waals surface area contributed by atoms with Crippen molar-refractivity contribution in [2.75, 3.05) is 40.3 Å². The van der Waals surface area contributed by atoms with E-state index < -0.39 is 0 Å². The van der Waals surface area contributed by atoms with Gasteiger partial charge in [-0.15, -0.1) is 0 Å². The fourth-order valence-corrected chi connectivity index (χ4v) is 2.72. The zero-order valence-corrected chi connectivity index (χ0v) is 12.7. The van der Waals surface area contributed by atoms with Gasteiger partial charge in [0.1, 0.15) is 0 Å². The molecule has 0 spiro atoms. The molecule has 3 nitrogen and oxygen atoms in total. The summed E-state index contributed by atoms with van der Waals surface area (Å²) in [4.78, 5) is 5.05. The van der Waals surface area contributed by atoms with E-state index in [1.54, 1.807) is 0 Å². The second-order valence-corrected chi connectivity index (χ2v) is 6.29. The highest BCUT2D eigenvalue weighted by molar-refractivity contribution is 5.20. The molecule has 3 heteroatoms. The molecule has 1 aliphatic heterocycles. The SMILES string of the molecule is CNC(C)(C)CN1CCN(C)CC1c1ccccc1. The number of hydrogen-bond acceptors (Lipinski definition) is 3. The number of benzene rings is 1. The molecule has 0 aromatic heterocycles. The number of nitrogens with one attached hydrogen (secondary N) is 1. The Morgan fingerprint density at radius 2 is 1.89 bits per heavy atom. The maximum atomic E-state index is 3.42. The Balaban J connectivity index is 2.16. The Labute approximate surface area is 117 Å². The van der Waals surface area contributed by atoms with Crippen molar-refractivity contribution >= 4 is 0 Å². The van der Waals surface area contributed by atoms with Gasteiger partial charge in [0.25, 0.3) is 0 Å². The van der Waals surface area contributed by atoms with Gasteiger partial charge in [0.2, 0.25) is 0 Å². The van der Waals surface area contributed by atoms with Gasteiger partial charge in [0.05, 0.1) is 0 Å². The first-order valence-corrected chi connectivity index (χ1v) is 7.18. The van der Waals surface area contributed by atoms with Gasteiger partial charge in [-0.3, -0.25) is 4.90 Å². The van der Waals surface area contributed by atoms with Gasteiger partial charge in [-0.05, 0) is 33.5 Å². The van der Waals surface area contributed by atoms with Crippen molar-refractivity contribution in [3.8, 4) is 0 Å². The smallest absolute Gasteiger partial charge is 0.0476 e. The average molecular weight is 261 g/mol. The van der Waals surface area contributed by atoms with Crippen LogP contribution in [0, 0.1) is 0 Å². The van der Waals surface area contributed by atoms with Crippen LogP contribution in [0.15, 0.2) is 30.3 Å². The lowest BCUT2D eigenvalue weighted by Crippen LogP contribution is -2.54. The number of piperazine rings is 1. The molecule has 1 atom stereocenters. The van der Waals surface area contributed by atoms with Crippen LogP contribution in [0.5, 0.6) is 0 Å². The van der Waals surface area contributed by atoms with Crippen LogP contribution >= 0.6 is 0 Å². The van der Waals surface area contributed by atoms with E-state index in [9.17, 15) is 0 Å². The third-order valence-electron chi connectivity index (χ3n) is 4.15. The van der Waals surface area contributed by atoms with E-state index in [0.717, 1.165) is 26.2 Å². The van der Waals surface area contributed by atoms with Gasteiger partial charge in [0, 0.05) is 37.8 Å². The predicted octanol–water partition coefficient (Wildman–Crippen LogP) is 1.97. The maximum Gasteiger partial charge on any atom is 0.0476 e. The molecule has 1 aliphatic rings. The summed E-state index contributed by atoms with van der Waals surface area (Å²) in [6.45, 7) is 9.03. The second-order valence-electron chi connectivity index (χ2n) is 6.29. The Bertz CT molecular complexity index is 388.